The van der Waals surface area contributed by atoms with Crippen molar-refractivity contribution in [3.8, 4) is 11.3 Å². The average Bonchev–Trinajstić information content (AvgIpc) is 3.01. The number of aromatic nitrogens is 3. The van der Waals surface area contributed by atoms with Gasteiger partial charge in [-0.05, 0) is 42.9 Å². The van der Waals surface area contributed by atoms with Crippen molar-refractivity contribution in [2.45, 2.75) is 59.5 Å². The van der Waals surface area contributed by atoms with Gasteiger partial charge in [0, 0.05) is 17.7 Å². The summed E-state index contributed by atoms with van der Waals surface area (Å²) in [4.78, 5) is 12.3. The monoisotopic (exact) mass is 395 g/mol. The molecular weight excluding hydrogens is 365 g/mol. The van der Waals surface area contributed by atoms with E-state index < -0.39 is 5.60 Å². The normalized spacial score (nSPS) is 14.0. The molecule has 1 aromatic carbocycles. The average molecular weight is 396 g/mol. The number of benzene rings is 1. The minimum absolute atomic E-state index is 0.167. The van der Waals surface area contributed by atoms with Crippen molar-refractivity contribution in [2.24, 2.45) is 5.41 Å². The van der Waals surface area contributed by atoms with E-state index in [4.69, 9.17) is 4.98 Å². The van der Waals surface area contributed by atoms with E-state index in [2.05, 4.69) is 37.7 Å². The van der Waals surface area contributed by atoms with E-state index in [1.165, 1.54) is 12.3 Å². The molecule has 3 aromatic rings. The van der Waals surface area contributed by atoms with Crippen molar-refractivity contribution in [1.29, 1.82) is 0 Å². The molecule has 1 atom stereocenters. The highest BCUT2D eigenvalue weighted by Gasteiger charge is 2.26. The Bertz CT molecular complexity index is 951. The highest BCUT2D eigenvalue weighted by molar-refractivity contribution is 5.59. The van der Waals surface area contributed by atoms with Crippen LogP contribution in [0.4, 0.5) is 4.39 Å². The summed E-state index contributed by atoms with van der Waals surface area (Å²) in [7, 11) is 0. The van der Waals surface area contributed by atoms with Crippen LogP contribution in [-0.2, 0) is 24.9 Å². The first-order valence-corrected chi connectivity index (χ1v) is 10.1. The summed E-state index contributed by atoms with van der Waals surface area (Å²) in [5.41, 5.74) is 3.71. The molecule has 3 rings (SSSR count). The van der Waals surface area contributed by atoms with Crippen LogP contribution in [0.15, 0.2) is 42.6 Å². The zero-order valence-corrected chi connectivity index (χ0v) is 17.9. The van der Waals surface area contributed by atoms with E-state index in [9.17, 15) is 9.50 Å². The number of aliphatic hydroxyl groups is 1. The number of nitrogens with zero attached hydrogens (tertiary/aromatic N) is 2. The Labute approximate surface area is 172 Å². The standard InChI is InChI=1S/C24H30FN3O/c1-6-19-21(13-23(2,3)4)28-22(27-19)14-24(5,29)17-9-7-16(8-10-17)20-12-11-18(25)15-26-20/h7-12,15,29H,6,13-14H2,1-5H3,(H,27,28). The Morgan fingerprint density at radius 2 is 1.69 bits per heavy atom. The number of H-pyrrole nitrogens is 1. The maximum atomic E-state index is 13.1. The van der Waals surface area contributed by atoms with E-state index in [0.29, 0.717) is 12.1 Å². The Morgan fingerprint density at radius 3 is 2.24 bits per heavy atom. The highest BCUT2D eigenvalue weighted by atomic mass is 19.1. The van der Waals surface area contributed by atoms with Gasteiger partial charge in [-0.3, -0.25) is 4.98 Å². The van der Waals surface area contributed by atoms with E-state index in [1.807, 2.05) is 24.3 Å². The van der Waals surface area contributed by atoms with E-state index in [0.717, 1.165) is 41.2 Å². The SMILES string of the molecule is CCc1nc(CC(C)(O)c2ccc(-c3ccc(F)cn3)cc2)[nH]c1CC(C)(C)C. The molecule has 29 heavy (non-hydrogen) atoms. The fraction of sp³-hybridized carbons (Fsp3) is 0.417. The summed E-state index contributed by atoms with van der Waals surface area (Å²) in [5, 5.41) is 11.1. The molecule has 0 aliphatic carbocycles. The van der Waals surface area contributed by atoms with Crippen LogP contribution in [-0.4, -0.2) is 20.1 Å². The molecule has 0 aliphatic heterocycles. The van der Waals surface area contributed by atoms with Gasteiger partial charge < -0.3 is 10.1 Å². The molecule has 1 unspecified atom stereocenters. The second-order valence-corrected chi connectivity index (χ2v) is 9.09. The summed E-state index contributed by atoms with van der Waals surface area (Å²) < 4.78 is 13.1. The maximum Gasteiger partial charge on any atom is 0.141 e. The fourth-order valence-corrected chi connectivity index (χ4v) is 3.53. The number of imidazole rings is 1. The molecule has 0 fully saturated rings. The van der Waals surface area contributed by atoms with Crippen LogP contribution in [0.2, 0.25) is 0 Å². The lowest BCUT2D eigenvalue weighted by Crippen LogP contribution is -2.25. The summed E-state index contributed by atoms with van der Waals surface area (Å²) in [5.74, 6) is 0.444. The molecule has 4 nitrogen and oxygen atoms in total. The largest absolute Gasteiger partial charge is 0.385 e. The minimum atomic E-state index is -1.06. The van der Waals surface area contributed by atoms with Gasteiger partial charge in [0.1, 0.15) is 11.6 Å². The van der Waals surface area contributed by atoms with E-state index in [1.54, 1.807) is 13.0 Å². The lowest BCUT2D eigenvalue weighted by molar-refractivity contribution is 0.0556. The smallest absolute Gasteiger partial charge is 0.141 e. The molecule has 0 saturated heterocycles. The third kappa shape index (κ3) is 5.30. The zero-order chi connectivity index (χ0) is 21.2. The van der Waals surface area contributed by atoms with Crippen LogP contribution in [0.1, 0.15) is 57.4 Å². The summed E-state index contributed by atoms with van der Waals surface area (Å²) >= 11 is 0. The molecule has 0 saturated carbocycles. The number of aryl methyl sites for hydroxylation is 1. The molecule has 0 aliphatic rings. The number of aromatic amines is 1. The van der Waals surface area contributed by atoms with Gasteiger partial charge in [0.05, 0.1) is 23.2 Å². The van der Waals surface area contributed by atoms with Gasteiger partial charge in [0.2, 0.25) is 0 Å². The van der Waals surface area contributed by atoms with Crippen LogP contribution in [0.3, 0.4) is 0 Å². The molecule has 5 heteroatoms. The Kier molecular flexibility index (Phi) is 5.90. The van der Waals surface area contributed by atoms with Gasteiger partial charge in [-0.1, -0.05) is 52.0 Å². The van der Waals surface area contributed by atoms with Crippen LogP contribution >= 0.6 is 0 Å². The number of pyridine rings is 1. The number of nitrogens with one attached hydrogen (secondary N) is 1. The molecule has 2 heterocycles. The van der Waals surface area contributed by atoms with Gasteiger partial charge in [-0.25, -0.2) is 9.37 Å². The predicted octanol–water partition coefficient (Wildman–Crippen LogP) is 5.21. The van der Waals surface area contributed by atoms with Crippen LogP contribution in [0, 0.1) is 11.2 Å². The van der Waals surface area contributed by atoms with Crippen LogP contribution < -0.4 is 0 Å². The molecule has 154 valence electrons. The van der Waals surface area contributed by atoms with Crippen molar-refractivity contribution in [3.05, 3.63) is 71.2 Å². The second-order valence-electron chi connectivity index (χ2n) is 9.09. The van der Waals surface area contributed by atoms with Gasteiger partial charge in [-0.15, -0.1) is 0 Å². The number of hydrogen-bond donors (Lipinski definition) is 2. The Balaban J connectivity index is 1.79. The van der Waals surface area contributed by atoms with Crippen molar-refractivity contribution < 1.29 is 9.50 Å². The van der Waals surface area contributed by atoms with Gasteiger partial charge in [-0.2, -0.15) is 0 Å². The second kappa shape index (κ2) is 8.07. The summed E-state index contributed by atoms with van der Waals surface area (Å²) in [6, 6.07) is 10.6. The molecule has 0 bridgehead atoms. The number of rotatable bonds is 6. The molecular formula is C24H30FN3O. The number of hydrogen-bond acceptors (Lipinski definition) is 3. The number of halogens is 1. The first-order valence-electron chi connectivity index (χ1n) is 10.1. The van der Waals surface area contributed by atoms with Crippen molar-refractivity contribution >= 4 is 0 Å². The Morgan fingerprint density at radius 1 is 1.00 bits per heavy atom. The molecule has 0 radical (unpaired) electrons. The van der Waals surface area contributed by atoms with Crippen LogP contribution in [0.25, 0.3) is 11.3 Å². The molecule has 2 aromatic heterocycles. The van der Waals surface area contributed by atoms with Gasteiger partial charge in [0.15, 0.2) is 0 Å². The summed E-state index contributed by atoms with van der Waals surface area (Å²) in [6.45, 7) is 10.5. The van der Waals surface area contributed by atoms with E-state index >= 15 is 0 Å². The first-order chi connectivity index (χ1) is 13.6. The highest BCUT2D eigenvalue weighted by Crippen LogP contribution is 2.28. The molecule has 0 amide bonds. The first kappa shape index (κ1) is 21.2. The van der Waals surface area contributed by atoms with Gasteiger partial charge >= 0.3 is 0 Å². The van der Waals surface area contributed by atoms with Crippen molar-refractivity contribution in [2.75, 3.05) is 0 Å². The Hall–Kier alpha value is -2.53. The van der Waals surface area contributed by atoms with Crippen LogP contribution in [0.5, 0.6) is 0 Å². The minimum Gasteiger partial charge on any atom is -0.385 e. The predicted molar refractivity (Wildman–Crippen MR) is 114 cm³/mol. The zero-order valence-electron chi connectivity index (χ0n) is 17.9. The quantitative estimate of drug-likeness (QED) is 0.602. The summed E-state index contributed by atoms with van der Waals surface area (Å²) in [6.07, 6.45) is 3.39. The third-order valence-corrected chi connectivity index (χ3v) is 5.00. The van der Waals surface area contributed by atoms with Crippen molar-refractivity contribution in [1.82, 2.24) is 15.0 Å². The van der Waals surface area contributed by atoms with Crippen molar-refractivity contribution in [3.63, 3.8) is 0 Å². The lowest BCUT2D eigenvalue weighted by atomic mass is 9.89. The van der Waals surface area contributed by atoms with E-state index in [-0.39, 0.29) is 11.2 Å². The molecule has 2 N–H and O–H groups in total. The maximum absolute atomic E-state index is 13.1. The topological polar surface area (TPSA) is 61.8 Å². The fourth-order valence-electron chi connectivity index (χ4n) is 3.53. The van der Waals surface area contributed by atoms with Gasteiger partial charge in [0.25, 0.3) is 0 Å². The molecule has 0 spiro atoms. The lowest BCUT2D eigenvalue weighted by Gasteiger charge is -2.23. The third-order valence-electron chi connectivity index (χ3n) is 5.00.